The molecule has 1 N–H and O–H groups in total. The van der Waals surface area contributed by atoms with Gasteiger partial charge in [0.15, 0.2) is 0 Å². The maximum absolute atomic E-state index is 11.9. The van der Waals surface area contributed by atoms with Gasteiger partial charge in [0.25, 0.3) is 11.6 Å². The van der Waals surface area contributed by atoms with Crippen LogP contribution in [-0.2, 0) is 0 Å². The van der Waals surface area contributed by atoms with Crippen LogP contribution in [-0.4, -0.2) is 10.8 Å². The van der Waals surface area contributed by atoms with Gasteiger partial charge in [0.2, 0.25) is 5.55 Å². The van der Waals surface area contributed by atoms with Gasteiger partial charge in [-0.05, 0) is 24.3 Å². The van der Waals surface area contributed by atoms with Gasteiger partial charge in [0, 0.05) is 29.1 Å². The van der Waals surface area contributed by atoms with Crippen LogP contribution in [0.3, 0.4) is 0 Å². The molecule has 0 radical (unpaired) electrons. The van der Waals surface area contributed by atoms with E-state index < -0.39 is 4.92 Å². The molecule has 7 nitrogen and oxygen atoms in total. The topological polar surface area (TPSA) is 97.7 Å². The molecule has 1 amide bonds. The van der Waals surface area contributed by atoms with Gasteiger partial charge in [-0.2, -0.15) is 0 Å². The number of hydrogen-bond donors (Lipinski definition) is 1. The van der Waals surface area contributed by atoms with Crippen molar-refractivity contribution in [3.8, 4) is 0 Å². The van der Waals surface area contributed by atoms with Crippen molar-refractivity contribution in [2.75, 3.05) is 0 Å². The van der Waals surface area contributed by atoms with Crippen molar-refractivity contribution in [2.24, 2.45) is 5.10 Å². The summed E-state index contributed by atoms with van der Waals surface area (Å²) < 4.78 is 5.48. The summed E-state index contributed by atoms with van der Waals surface area (Å²) in [5.41, 5.74) is 3.48. The van der Waals surface area contributed by atoms with Gasteiger partial charge in [0.1, 0.15) is 5.58 Å². The molecule has 0 aliphatic heterocycles. The van der Waals surface area contributed by atoms with Crippen molar-refractivity contribution in [1.82, 2.24) is 5.43 Å². The minimum atomic E-state index is -0.474. The predicted octanol–water partition coefficient (Wildman–Crippen LogP) is 2.59. The molecule has 7 heteroatoms. The van der Waals surface area contributed by atoms with E-state index >= 15 is 0 Å². The Morgan fingerprint density at radius 1 is 1.09 bits per heavy atom. The Labute approximate surface area is 130 Å². The fraction of sp³-hybridized carbons (Fsp3) is 0. The summed E-state index contributed by atoms with van der Waals surface area (Å²) in [6, 6.07) is 16.1. The second-order valence-electron chi connectivity index (χ2n) is 4.67. The fourth-order valence-corrected chi connectivity index (χ4v) is 2.00. The number of non-ortho nitro benzene ring substituents is 1. The number of nitro benzene ring substituents is 1. The van der Waals surface area contributed by atoms with Gasteiger partial charge in [-0.3, -0.25) is 14.9 Å². The van der Waals surface area contributed by atoms with E-state index in [-0.39, 0.29) is 17.1 Å². The van der Waals surface area contributed by atoms with Gasteiger partial charge >= 0.3 is 0 Å². The molecule has 0 fully saturated rings. The molecule has 1 aromatic heterocycles. The van der Waals surface area contributed by atoms with E-state index in [4.69, 9.17) is 4.42 Å². The molecule has 3 rings (SSSR count). The van der Waals surface area contributed by atoms with Gasteiger partial charge in [0.05, 0.1) is 4.92 Å². The van der Waals surface area contributed by atoms with Crippen molar-refractivity contribution in [1.29, 1.82) is 0 Å². The molecule has 0 saturated carbocycles. The Morgan fingerprint density at radius 3 is 2.61 bits per heavy atom. The number of nitrogens with zero attached hydrogens (tertiary/aromatic N) is 2. The maximum atomic E-state index is 11.9. The maximum Gasteiger partial charge on any atom is 0.271 e. The fourth-order valence-electron chi connectivity index (χ4n) is 2.00. The first kappa shape index (κ1) is 14.5. The van der Waals surface area contributed by atoms with Crippen molar-refractivity contribution >= 4 is 22.6 Å². The van der Waals surface area contributed by atoms with E-state index in [0.717, 1.165) is 0 Å². The SMILES string of the molecule is O=C(N/N=c1/ccc2cc([N+](=O)[O-])ccc2o1)c1ccccc1. The Bertz CT molecular complexity index is 948. The van der Waals surface area contributed by atoms with Gasteiger partial charge in [-0.1, -0.05) is 18.2 Å². The first-order valence-corrected chi connectivity index (χ1v) is 6.71. The highest BCUT2D eigenvalue weighted by molar-refractivity contribution is 5.93. The van der Waals surface area contributed by atoms with E-state index in [0.29, 0.717) is 16.5 Å². The Kier molecular flexibility index (Phi) is 3.84. The minimum absolute atomic E-state index is 0.0187. The van der Waals surface area contributed by atoms with E-state index in [2.05, 4.69) is 10.5 Å². The third-order valence-corrected chi connectivity index (χ3v) is 3.13. The standard InChI is InChI=1S/C16H11N3O4/c20-16(11-4-2-1-3-5-11)18-17-15-9-6-12-10-13(19(21)22)7-8-14(12)23-15/h1-10H,(H,18,20)/b17-15-. The van der Waals surface area contributed by atoms with Gasteiger partial charge in [-0.15, -0.1) is 5.10 Å². The zero-order chi connectivity index (χ0) is 16.2. The smallest absolute Gasteiger partial charge is 0.271 e. The predicted molar refractivity (Wildman–Crippen MR) is 82.3 cm³/mol. The first-order chi connectivity index (χ1) is 11.1. The third kappa shape index (κ3) is 3.24. The average molecular weight is 309 g/mol. The number of amides is 1. The van der Waals surface area contributed by atoms with E-state index in [1.165, 1.54) is 24.3 Å². The zero-order valence-corrected chi connectivity index (χ0v) is 11.8. The van der Waals surface area contributed by atoms with Crippen LogP contribution < -0.4 is 11.0 Å². The molecule has 1 heterocycles. The van der Waals surface area contributed by atoms with Crippen LogP contribution in [0.15, 0.2) is 70.2 Å². The van der Waals surface area contributed by atoms with Crippen LogP contribution in [0, 0.1) is 10.1 Å². The van der Waals surface area contributed by atoms with E-state index in [1.54, 1.807) is 30.3 Å². The number of carbonyl (C=O) groups is 1. The number of carbonyl (C=O) groups excluding carboxylic acids is 1. The zero-order valence-electron chi connectivity index (χ0n) is 11.8. The molecule has 3 aromatic rings. The molecule has 114 valence electrons. The number of rotatable bonds is 3. The second-order valence-corrected chi connectivity index (χ2v) is 4.67. The van der Waals surface area contributed by atoms with Crippen LogP contribution in [0.5, 0.6) is 0 Å². The van der Waals surface area contributed by atoms with E-state index in [9.17, 15) is 14.9 Å². The van der Waals surface area contributed by atoms with Gasteiger partial charge < -0.3 is 4.42 Å². The Hall–Kier alpha value is -3.48. The normalized spacial score (nSPS) is 11.4. The van der Waals surface area contributed by atoms with Crippen molar-refractivity contribution in [3.63, 3.8) is 0 Å². The lowest BCUT2D eigenvalue weighted by atomic mass is 10.2. The lowest BCUT2D eigenvalue weighted by Crippen LogP contribution is -2.20. The summed E-state index contributed by atoms with van der Waals surface area (Å²) >= 11 is 0. The van der Waals surface area contributed by atoms with Crippen LogP contribution in [0.2, 0.25) is 0 Å². The highest BCUT2D eigenvalue weighted by atomic mass is 16.6. The summed E-state index contributed by atoms with van der Waals surface area (Å²) in [6.07, 6.45) is 0. The Balaban J connectivity index is 1.87. The molecule has 0 unspecified atom stereocenters. The molecule has 0 atom stereocenters. The van der Waals surface area contributed by atoms with Crippen LogP contribution in [0.1, 0.15) is 10.4 Å². The van der Waals surface area contributed by atoms with E-state index in [1.807, 2.05) is 6.07 Å². The molecular weight excluding hydrogens is 298 g/mol. The lowest BCUT2D eigenvalue weighted by molar-refractivity contribution is -0.384. The number of fused-ring (bicyclic) bond motifs is 1. The monoisotopic (exact) mass is 309 g/mol. The quantitative estimate of drug-likeness (QED) is 0.594. The summed E-state index contributed by atoms with van der Waals surface area (Å²) in [7, 11) is 0. The number of benzene rings is 2. The first-order valence-electron chi connectivity index (χ1n) is 6.71. The van der Waals surface area contributed by atoms with Crippen molar-refractivity contribution in [2.45, 2.75) is 0 Å². The largest absolute Gasteiger partial charge is 0.437 e. The molecule has 0 aliphatic carbocycles. The summed E-state index contributed by atoms with van der Waals surface area (Å²) in [5.74, 6) is -0.357. The van der Waals surface area contributed by atoms with Crippen molar-refractivity contribution < 1.29 is 14.1 Å². The molecule has 23 heavy (non-hydrogen) atoms. The number of hydrogen-bond acceptors (Lipinski definition) is 5. The van der Waals surface area contributed by atoms with Crippen LogP contribution in [0.4, 0.5) is 5.69 Å². The third-order valence-electron chi connectivity index (χ3n) is 3.13. The summed E-state index contributed by atoms with van der Waals surface area (Å²) in [6.45, 7) is 0. The molecule has 2 aromatic carbocycles. The highest BCUT2D eigenvalue weighted by Gasteiger charge is 2.07. The summed E-state index contributed by atoms with van der Waals surface area (Å²) in [5, 5.41) is 15.2. The molecule has 0 aliphatic rings. The average Bonchev–Trinajstić information content (AvgIpc) is 2.59. The minimum Gasteiger partial charge on any atom is -0.437 e. The van der Waals surface area contributed by atoms with Crippen LogP contribution in [0.25, 0.3) is 11.0 Å². The van der Waals surface area contributed by atoms with Crippen LogP contribution >= 0.6 is 0 Å². The van der Waals surface area contributed by atoms with Gasteiger partial charge in [-0.25, -0.2) is 5.43 Å². The Morgan fingerprint density at radius 2 is 1.87 bits per heavy atom. The number of nitro groups is 1. The highest BCUT2D eigenvalue weighted by Crippen LogP contribution is 2.18. The molecular formula is C16H11N3O4. The molecule has 0 bridgehead atoms. The number of nitrogens with one attached hydrogen (secondary N) is 1. The van der Waals surface area contributed by atoms with Crippen molar-refractivity contribution in [3.05, 3.63) is 81.9 Å². The molecule has 0 saturated heterocycles. The summed E-state index contributed by atoms with van der Waals surface area (Å²) in [4.78, 5) is 22.1. The lowest BCUT2D eigenvalue weighted by Gasteiger charge is -1.99. The second kappa shape index (κ2) is 6.10. The molecule has 0 spiro atoms.